The second-order valence-corrected chi connectivity index (χ2v) is 12.4. The molecular formula is C36H52N2O9. The number of nitriles is 1. The van der Waals surface area contributed by atoms with Crippen LogP contribution in [0.25, 0.3) is 0 Å². The van der Waals surface area contributed by atoms with Gasteiger partial charge in [0.1, 0.15) is 18.8 Å². The van der Waals surface area contributed by atoms with E-state index >= 15 is 0 Å². The third-order valence-electron chi connectivity index (χ3n) is 8.85. The lowest BCUT2D eigenvalue weighted by molar-refractivity contribution is -0.537. The van der Waals surface area contributed by atoms with Crippen molar-refractivity contribution in [1.82, 2.24) is 0 Å². The number of nitrogens with zero attached hydrogens (tertiary/aromatic N) is 2. The first-order valence-corrected chi connectivity index (χ1v) is 16.8. The summed E-state index contributed by atoms with van der Waals surface area (Å²) in [6.07, 6.45) is 3.75. The fourth-order valence-corrected chi connectivity index (χ4v) is 6.00. The first-order chi connectivity index (χ1) is 22.7. The van der Waals surface area contributed by atoms with Crippen molar-refractivity contribution in [2.45, 2.75) is 109 Å². The molecule has 4 unspecified atom stereocenters. The van der Waals surface area contributed by atoms with Gasteiger partial charge in [-0.1, -0.05) is 65.5 Å². The summed E-state index contributed by atoms with van der Waals surface area (Å²) < 4.78 is 35.9. The first-order valence-electron chi connectivity index (χ1n) is 16.8. The highest BCUT2D eigenvalue weighted by Gasteiger charge is 2.44. The molecular weight excluding hydrogens is 604 g/mol. The Labute approximate surface area is 279 Å². The summed E-state index contributed by atoms with van der Waals surface area (Å²) in [4.78, 5) is 11.8. The Kier molecular flexibility index (Phi) is 14.7. The van der Waals surface area contributed by atoms with Gasteiger partial charge < -0.3 is 33.5 Å². The zero-order chi connectivity index (χ0) is 34.4. The molecule has 2 aromatic carbocycles. The zero-order valence-electron chi connectivity index (χ0n) is 28.8. The lowest BCUT2D eigenvalue weighted by Gasteiger charge is -2.35. The van der Waals surface area contributed by atoms with E-state index in [0.717, 1.165) is 38.5 Å². The lowest BCUT2D eigenvalue weighted by atomic mass is 9.68. The largest absolute Gasteiger partial charge is 0.490 e. The minimum Gasteiger partial charge on any atom is -0.490 e. The first kappa shape index (κ1) is 37.5. The molecule has 0 aromatic heterocycles. The average molecular weight is 657 g/mol. The van der Waals surface area contributed by atoms with Crippen LogP contribution in [-0.2, 0) is 5.41 Å². The van der Waals surface area contributed by atoms with E-state index in [1.807, 2.05) is 19.9 Å². The number of hydrogen-bond donors (Lipinski definition) is 1. The van der Waals surface area contributed by atoms with Gasteiger partial charge in [0, 0.05) is 10.5 Å². The van der Waals surface area contributed by atoms with Gasteiger partial charge in [-0.15, -0.1) is 0 Å². The van der Waals surface area contributed by atoms with Gasteiger partial charge in [0.2, 0.25) is 17.5 Å². The van der Waals surface area contributed by atoms with Crippen LogP contribution in [0.2, 0.25) is 0 Å². The van der Waals surface area contributed by atoms with Crippen LogP contribution < -0.4 is 28.4 Å². The van der Waals surface area contributed by atoms with Gasteiger partial charge >= 0.3 is 0 Å². The minimum atomic E-state index is -1.35. The number of ether oxygens (including phenoxy) is 6. The van der Waals surface area contributed by atoms with Gasteiger partial charge in [0.05, 0.1) is 45.3 Å². The molecule has 1 heterocycles. The SMILES string of the molecule is CCCCCOc1cc(C(C#N)(CCC(O)C(CC2COc3ccccc3O2)[N+](=O)[O-])C(C)C)c(OCCCCC)c(OC)c1OC. The highest BCUT2D eigenvalue weighted by atomic mass is 16.6. The van der Waals surface area contributed by atoms with Gasteiger partial charge in [-0.25, -0.2) is 0 Å². The summed E-state index contributed by atoms with van der Waals surface area (Å²) in [5.41, 5.74) is -0.674. The van der Waals surface area contributed by atoms with Gasteiger partial charge in [-0.3, -0.25) is 10.1 Å². The molecule has 0 saturated heterocycles. The summed E-state index contributed by atoms with van der Waals surface area (Å²) in [6, 6.07) is 10.1. The Hall–Kier alpha value is -3.91. The van der Waals surface area contributed by atoms with Crippen molar-refractivity contribution in [1.29, 1.82) is 5.26 Å². The number of methoxy groups -OCH3 is 2. The number of rotatable bonds is 21. The molecule has 0 amide bonds. The van der Waals surface area contributed by atoms with Crippen LogP contribution in [0, 0.1) is 27.4 Å². The number of aliphatic hydroxyl groups is 1. The Bertz CT molecular complexity index is 1330. The van der Waals surface area contributed by atoms with Crippen molar-refractivity contribution in [2.24, 2.45) is 5.92 Å². The fourth-order valence-electron chi connectivity index (χ4n) is 6.00. The molecule has 2 aromatic rings. The number of para-hydroxylation sites is 2. The van der Waals surface area contributed by atoms with Crippen molar-refractivity contribution < 1.29 is 38.5 Å². The van der Waals surface area contributed by atoms with Crippen molar-refractivity contribution in [2.75, 3.05) is 34.0 Å². The molecule has 0 radical (unpaired) electrons. The van der Waals surface area contributed by atoms with Gasteiger partial charge in [-0.05, 0) is 49.8 Å². The number of hydrogen-bond acceptors (Lipinski definition) is 10. The maximum atomic E-state index is 12.2. The lowest BCUT2D eigenvalue weighted by Crippen LogP contribution is -2.42. The Morgan fingerprint density at radius 3 is 2.23 bits per heavy atom. The Balaban J connectivity index is 1.97. The average Bonchev–Trinajstić information content (AvgIpc) is 3.07. The number of fused-ring (bicyclic) bond motifs is 1. The molecule has 0 spiro atoms. The molecule has 1 aliphatic heterocycles. The molecule has 1 N–H and O–H groups in total. The highest BCUT2D eigenvalue weighted by molar-refractivity contribution is 5.65. The van der Waals surface area contributed by atoms with E-state index in [-0.39, 0.29) is 31.8 Å². The molecule has 11 nitrogen and oxygen atoms in total. The second-order valence-electron chi connectivity index (χ2n) is 12.4. The van der Waals surface area contributed by atoms with Crippen molar-refractivity contribution >= 4 is 0 Å². The van der Waals surface area contributed by atoms with Crippen molar-refractivity contribution in [3.8, 4) is 40.6 Å². The molecule has 260 valence electrons. The summed E-state index contributed by atoms with van der Waals surface area (Å²) >= 11 is 0. The van der Waals surface area contributed by atoms with E-state index in [1.54, 1.807) is 24.3 Å². The Morgan fingerprint density at radius 1 is 1.02 bits per heavy atom. The third kappa shape index (κ3) is 9.34. The van der Waals surface area contributed by atoms with Crippen LogP contribution >= 0.6 is 0 Å². The third-order valence-corrected chi connectivity index (χ3v) is 8.85. The summed E-state index contributed by atoms with van der Waals surface area (Å²) in [5, 5.41) is 34.5. The summed E-state index contributed by atoms with van der Waals surface area (Å²) in [5.74, 6) is 2.32. The van der Waals surface area contributed by atoms with E-state index in [1.165, 1.54) is 14.2 Å². The molecule has 11 heteroatoms. The smallest absolute Gasteiger partial charge is 0.242 e. The van der Waals surface area contributed by atoms with Crippen LogP contribution in [0.4, 0.5) is 0 Å². The normalized spacial score (nSPS) is 16.4. The maximum Gasteiger partial charge on any atom is 0.242 e. The zero-order valence-corrected chi connectivity index (χ0v) is 28.8. The molecule has 1 aliphatic rings. The van der Waals surface area contributed by atoms with E-state index < -0.39 is 28.6 Å². The van der Waals surface area contributed by atoms with Gasteiger partial charge in [0.15, 0.2) is 23.0 Å². The fraction of sp³-hybridized carbons (Fsp3) is 0.639. The predicted molar refractivity (Wildman–Crippen MR) is 179 cm³/mol. The van der Waals surface area contributed by atoms with Crippen LogP contribution in [0.15, 0.2) is 30.3 Å². The standard InChI is InChI=1S/C36H52N2O9/c1-7-9-13-19-44-32-22-27(33(45-20-14-10-8-2)35(43-6)34(32)42-5)36(24-37,25(3)4)18-17-29(39)28(38(40)41)21-26-23-46-30-15-11-12-16-31(30)47-26/h11-12,15-16,22,25-26,28-29,39H,7-10,13-14,17-21,23H2,1-6H3. The highest BCUT2D eigenvalue weighted by Crippen LogP contribution is 2.53. The molecule has 0 aliphatic carbocycles. The van der Waals surface area contributed by atoms with Gasteiger partial charge in [-0.2, -0.15) is 5.26 Å². The number of nitro groups is 1. The molecule has 0 bridgehead atoms. The molecule has 0 fully saturated rings. The molecule has 0 saturated carbocycles. The van der Waals surface area contributed by atoms with Crippen molar-refractivity contribution in [3.63, 3.8) is 0 Å². The monoisotopic (exact) mass is 656 g/mol. The van der Waals surface area contributed by atoms with Crippen LogP contribution in [0.3, 0.4) is 0 Å². The molecule has 47 heavy (non-hydrogen) atoms. The molecule has 3 rings (SSSR count). The maximum absolute atomic E-state index is 12.2. The Morgan fingerprint density at radius 2 is 1.66 bits per heavy atom. The van der Waals surface area contributed by atoms with E-state index in [4.69, 9.17) is 28.4 Å². The van der Waals surface area contributed by atoms with Crippen LogP contribution in [-0.4, -0.2) is 62.3 Å². The minimum absolute atomic E-state index is 0.0160. The van der Waals surface area contributed by atoms with Crippen molar-refractivity contribution in [3.05, 3.63) is 46.0 Å². The van der Waals surface area contributed by atoms with Crippen LogP contribution in [0.5, 0.6) is 34.5 Å². The number of benzene rings is 2. The number of aliphatic hydroxyl groups excluding tert-OH is 1. The number of unbranched alkanes of at least 4 members (excludes halogenated alkanes) is 4. The summed E-state index contributed by atoms with van der Waals surface area (Å²) in [7, 11) is 3.05. The quantitative estimate of drug-likeness (QED) is 0.0827. The van der Waals surface area contributed by atoms with E-state index in [0.29, 0.717) is 53.3 Å². The topological polar surface area (TPSA) is 143 Å². The van der Waals surface area contributed by atoms with Gasteiger partial charge in [0.25, 0.3) is 0 Å². The summed E-state index contributed by atoms with van der Waals surface area (Å²) in [6.45, 7) is 9.04. The van der Waals surface area contributed by atoms with E-state index in [2.05, 4.69) is 19.9 Å². The van der Waals surface area contributed by atoms with E-state index in [9.17, 15) is 20.5 Å². The second kappa shape index (κ2) is 18.4. The van der Waals surface area contributed by atoms with Crippen LogP contribution in [0.1, 0.15) is 91.0 Å². The predicted octanol–water partition coefficient (Wildman–Crippen LogP) is 7.28. The molecule has 4 atom stereocenters.